The van der Waals surface area contributed by atoms with Gasteiger partial charge in [0.25, 0.3) is 5.91 Å². The van der Waals surface area contributed by atoms with Crippen LogP contribution in [0.5, 0.6) is 5.75 Å². The molecule has 0 fully saturated rings. The summed E-state index contributed by atoms with van der Waals surface area (Å²) in [6, 6.07) is 5.69. The van der Waals surface area contributed by atoms with Crippen LogP contribution in [0, 0.1) is 20.8 Å². The molecule has 1 aromatic carbocycles. The van der Waals surface area contributed by atoms with Crippen molar-refractivity contribution in [3.05, 3.63) is 57.3 Å². The molecule has 0 radical (unpaired) electrons. The van der Waals surface area contributed by atoms with Crippen LogP contribution in [0.1, 0.15) is 34.2 Å². The van der Waals surface area contributed by atoms with E-state index in [4.69, 9.17) is 4.74 Å². The van der Waals surface area contributed by atoms with Gasteiger partial charge in [0, 0.05) is 15.7 Å². The van der Waals surface area contributed by atoms with Crippen LogP contribution >= 0.6 is 15.9 Å². The second-order valence-corrected chi connectivity index (χ2v) is 6.70. The molecule has 0 saturated carbocycles. The molecule has 0 atom stereocenters. The molecule has 0 saturated heterocycles. The van der Waals surface area contributed by atoms with Gasteiger partial charge >= 0.3 is 0 Å². The van der Waals surface area contributed by atoms with Gasteiger partial charge in [0.1, 0.15) is 5.75 Å². The van der Waals surface area contributed by atoms with Gasteiger partial charge in [0.15, 0.2) is 6.61 Å². The van der Waals surface area contributed by atoms with Crippen molar-refractivity contribution in [2.75, 3.05) is 6.61 Å². The van der Waals surface area contributed by atoms with Crippen LogP contribution in [0.4, 0.5) is 0 Å². The number of nitrogens with zero attached hydrogens (tertiary/aromatic N) is 2. The molecule has 23 heavy (non-hydrogen) atoms. The van der Waals surface area contributed by atoms with Gasteiger partial charge in [-0.3, -0.25) is 4.79 Å². The lowest BCUT2D eigenvalue weighted by atomic mass is 10.1. The molecule has 0 aliphatic rings. The van der Waals surface area contributed by atoms with E-state index in [1.54, 1.807) is 0 Å². The maximum atomic E-state index is 12.4. The first-order valence-corrected chi connectivity index (χ1v) is 8.20. The summed E-state index contributed by atoms with van der Waals surface area (Å²) < 4.78 is 8.06. The Morgan fingerprint density at radius 2 is 2.04 bits per heavy atom. The third kappa shape index (κ3) is 4.10. The lowest BCUT2D eigenvalue weighted by Gasteiger charge is -2.09. The molecule has 122 valence electrons. The van der Waals surface area contributed by atoms with Crippen LogP contribution in [0.25, 0.3) is 0 Å². The van der Waals surface area contributed by atoms with Crippen LogP contribution in [0.15, 0.2) is 34.8 Å². The van der Waals surface area contributed by atoms with E-state index >= 15 is 0 Å². The van der Waals surface area contributed by atoms with E-state index in [0.717, 1.165) is 39.0 Å². The third-order valence-electron chi connectivity index (χ3n) is 3.64. The van der Waals surface area contributed by atoms with Crippen LogP contribution < -0.4 is 4.74 Å². The van der Waals surface area contributed by atoms with Gasteiger partial charge < -0.3 is 4.74 Å². The number of benzene rings is 1. The number of carbonyl (C=O) groups excluding carboxylic acids is 1. The Bertz CT molecular complexity index is 763. The summed E-state index contributed by atoms with van der Waals surface area (Å²) in [7, 11) is 0. The van der Waals surface area contributed by atoms with Crippen molar-refractivity contribution >= 4 is 21.8 Å². The Labute approximate surface area is 145 Å². The van der Waals surface area contributed by atoms with E-state index in [0.29, 0.717) is 5.75 Å². The van der Waals surface area contributed by atoms with E-state index in [9.17, 15) is 4.79 Å². The predicted octanol–water partition coefficient (Wildman–Crippen LogP) is 4.41. The molecule has 2 aromatic rings. The number of aromatic nitrogens is 2. The van der Waals surface area contributed by atoms with Crippen LogP contribution in [0.2, 0.25) is 0 Å². The van der Waals surface area contributed by atoms with Crippen LogP contribution in [0.3, 0.4) is 0 Å². The van der Waals surface area contributed by atoms with Gasteiger partial charge in [0.2, 0.25) is 0 Å². The normalized spacial score (nSPS) is 10.7. The molecule has 5 heteroatoms. The smallest absolute Gasteiger partial charge is 0.284 e. The van der Waals surface area contributed by atoms with Crippen molar-refractivity contribution in [1.82, 2.24) is 9.78 Å². The number of allylic oxidation sites excluding steroid dienone is 1. The van der Waals surface area contributed by atoms with Gasteiger partial charge in [-0.05, 0) is 57.9 Å². The summed E-state index contributed by atoms with van der Waals surface area (Å²) in [5, 5.41) is 4.35. The first-order chi connectivity index (χ1) is 10.8. The average Bonchev–Trinajstić information content (AvgIpc) is 2.74. The quantitative estimate of drug-likeness (QED) is 0.725. The highest BCUT2D eigenvalue weighted by Gasteiger charge is 2.17. The largest absolute Gasteiger partial charge is 0.483 e. The molecule has 2 rings (SSSR count). The van der Waals surface area contributed by atoms with E-state index in [2.05, 4.69) is 27.6 Å². The van der Waals surface area contributed by atoms with Gasteiger partial charge in [-0.25, -0.2) is 4.68 Å². The lowest BCUT2D eigenvalue weighted by Crippen LogP contribution is -2.22. The van der Waals surface area contributed by atoms with E-state index < -0.39 is 0 Å². The minimum Gasteiger partial charge on any atom is -0.483 e. The number of aryl methyl sites for hydroxylation is 2. The van der Waals surface area contributed by atoms with Crippen molar-refractivity contribution in [3.8, 4) is 5.75 Å². The second kappa shape index (κ2) is 7.13. The zero-order valence-electron chi connectivity index (χ0n) is 13.9. The molecule has 1 heterocycles. The van der Waals surface area contributed by atoms with Crippen molar-refractivity contribution in [1.29, 1.82) is 0 Å². The van der Waals surface area contributed by atoms with E-state index in [1.165, 1.54) is 4.68 Å². The number of hydrogen-bond acceptors (Lipinski definition) is 3. The molecule has 0 N–H and O–H groups in total. The summed E-state index contributed by atoms with van der Waals surface area (Å²) in [6.07, 6.45) is 0.734. The van der Waals surface area contributed by atoms with Crippen molar-refractivity contribution in [3.63, 3.8) is 0 Å². The Hall–Kier alpha value is -1.88. The third-order valence-corrected chi connectivity index (χ3v) is 4.14. The van der Waals surface area contributed by atoms with Gasteiger partial charge in [-0.15, -0.1) is 0 Å². The Kier molecular flexibility index (Phi) is 5.42. The fraction of sp³-hybridized carbons (Fsp3) is 0.333. The Balaban J connectivity index is 2.13. The number of rotatable bonds is 5. The first kappa shape index (κ1) is 17.5. The monoisotopic (exact) mass is 376 g/mol. The fourth-order valence-electron chi connectivity index (χ4n) is 2.45. The van der Waals surface area contributed by atoms with Crippen LogP contribution in [-0.4, -0.2) is 22.3 Å². The van der Waals surface area contributed by atoms with E-state index in [-0.39, 0.29) is 12.5 Å². The maximum Gasteiger partial charge on any atom is 0.284 e. The first-order valence-electron chi connectivity index (χ1n) is 7.41. The molecule has 0 unspecified atom stereocenters. The van der Waals surface area contributed by atoms with Gasteiger partial charge in [-0.1, -0.05) is 28.1 Å². The Morgan fingerprint density at radius 3 is 2.65 bits per heavy atom. The van der Waals surface area contributed by atoms with Crippen molar-refractivity contribution in [2.24, 2.45) is 0 Å². The predicted molar refractivity (Wildman–Crippen MR) is 95.2 cm³/mol. The number of ether oxygens (including phenoxy) is 1. The van der Waals surface area contributed by atoms with Crippen molar-refractivity contribution in [2.45, 2.75) is 34.1 Å². The molecular formula is C18H21BrN2O2. The topological polar surface area (TPSA) is 44.1 Å². The summed E-state index contributed by atoms with van der Waals surface area (Å²) in [5.74, 6) is 0.520. The number of hydrogen-bond donors (Lipinski definition) is 0. The average molecular weight is 377 g/mol. The van der Waals surface area contributed by atoms with Crippen LogP contribution in [-0.2, 0) is 6.42 Å². The fourth-order valence-corrected chi connectivity index (χ4v) is 2.93. The second-order valence-electron chi connectivity index (χ2n) is 5.79. The number of carbonyl (C=O) groups is 1. The summed E-state index contributed by atoms with van der Waals surface area (Å²) in [6.45, 7) is 11.6. The lowest BCUT2D eigenvalue weighted by molar-refractivity contribution is 0.0817. The molecule has 1 aromatic heterocycles. The molecular weight excluding hydrogens is 356 g/mol. The van der Waals surface area contributed by atoms with E-state index in [1.807, 2.05) is 45.9 Å². The minimum atomic E-state index is -0.180. The maximum absolute atomic E-state index is 12.4. The van der Waals surface area contributed by atoms with Gasteiger partial charge in [0.05, 0.1) is 5.69 Å². The molecule has 0 bridgehead atoms. The zero-order chi connectivity index (χ0) is 17.1. The van der Waals surface area contributed by atoms with Crippen molar-refractivity contribution < 1.29 is 9.53 Å². The zero-order valence-corrected chi connectivity index (χ0v) is 15.5. The molecule has 0 aliphatic heterocycles. The SMILES string of the molecule is C=C(C)Cc1c(C)nn(C(=O)COc2ccc(Br)cc2C)c1C. The minimum absolute atomic E-state index is 0.0447. The summed E-state index contributed by atoms with van der Waals surface area (Å²) >= 11 is 3.41. The molecule has 0 spiro atoms. The Morgan fingerprint density at radius 1 is 1.35 bits per heavy atom. The molecule has 0 amide bonds. The highest BCUT2D eigenvalue weighted by Crippen LogP contribution is 2.22. The highest BCUT2D eigenvalue weighted by molar-refractivity contribution is 9.10. The van der Waals surface area contributed by atoms with Gasteiger partial charge in [-0.2, -0.15) is 5.10 Å². The summed E-state index contributed by atoms with van der Waals surface area (Å²) in [5.41, 5.74) is 4.80. The number of halogens is 1. The molecule has 0 aliphatic carbocycles. The summed E-state index contributed by atoms with van der Waals surface area (Å²) in [4.78, 5) is 12.4. The standard InChI is InChI=1S/C18H21BrN2O2/c1-11(2)8-16-13(4)20-21(14(16)5)18(22)10-23-17-7-6-15(19)9-12(17)3/h6-7,9H,1,8,10H2,2-5H3. The highest BCUT2D eigenvalue weighted by atomic mass is 79.9. The molecule has 4 nitrogen and oxygen atoms in total.